The van der Waals surface area contributed by atoms with Gasteiger partial charge in [0.2, 0.25) is 5.91 Å². The Bertz CT molecular complexity index is 993. The van der Waals surface area contributed by atoms with E-state index in [9.17, 15) is 14.7 Å². The molecule has 3 rings (SSSR count). The highest BCUT2D eigenvalue weighted by molar-refractivity contribution is 5.99. The smallest absolute Gasteiger partial charge is 0.345 e. The molecule has 1 aromatic heterocycles. The van der Waals surface area contributed by atoms with Crippen molar-refractivity contribution in [2.24, 2.45) is 5.73 Å². The number of aromatic hydroxyl groups is 1. The summed E-state index contributed by atoms with van der Waals surface area (Å²) in [6.45, 7) is 1.76. The van der Waals surface area contributed by atoms with E-state index < -0.39 is 11.6 Å². The number of hydrogen-bond acceptors (Lipinski definition) is 4. The zero-order valence-electron chi connectivity index (χ0n) is 12.9. The molecule has 6 nitrogen and oxygen atoms in total. The van der Waals surface area contributed by atoms with Crippen LogP contribution in [0.5, 0.6) is 5.75 Å². The van der Waals surface area contributed by atoms with Gasteiger partial charge in [-0.2, -0.15) is 4.98 Å². The number of benzene rings is 2. The van der Waals surface area contributed by atoms with Crippen molar-refractivity contribution in [2.45, 2.75) is 6.92 Å². The molecule has 0 atom stereocenters. The molecule has 0 saturated heterocycles. The van der Waals surface area contributed by atoms with Crippen molar-refractivity contribution in [1.82, 2.24) is 9.97 Å². The Labute approximate surface area is 137 Å². The summed E-state index contributed by atoms with van der Waals surface area (Å²) in [6.07, 6.45) is 0. The molecular weight excluding hydrogens is 306 g/mol. The molecule has 3 aromatic rings. The van der Waals surface area contributed by atoms with E-state index in [-0.39, 0.29) is 5.75 Å². The molecule has 6 heteroatoms. The molecule has 0 unspecified atom stereocenters. The van der Waals surface area contributed by atoms with Gasteiger partial charge in [0.05, 0.1) is 11.4 Å². The third-order valence-electron chi connectivity index (χ3n) is 3.72. The minimum absolute atomic E-state index is 0.169. The molecule has 120 valence electrons. The van der Waals surface area contributed by atoms with Crippen molar-refractivity contribution >= 4 is 5.91 Å². The molecule has 0 aliphatic carbocycles. The van der Waals surface area contributed by atoms with Gasteiger partial charge in [-0.25, -0.2) is 4.79 Å². The zero-order chi connectivity index (χ0) is 17.3. The average Bonchev–Trinajstić information content (AvgIpc) is 2.56. The summed E-state index contributed by atoms with van der Waals surface area (Å²) in [5.41, 5.74) is 7.96. The van der Waals surface area contributed by atoms with E-state index in [0.717, 1.165) is 0 Å². The molecule has 0 saturated carbocycles. The maximum Gasteiger partial charge on any atom is 0.345 e. The lowest BCUT2D eigenvalue weighted by atomic mass is 10.0. The number of phenols is 1. The molecule has 1 heterocycles. The van der Waals surface area contributed by atoms with Gasteiger partial charge in [-0.15, -0.1) is 0 Å². The Kier molecular flexibility index (Phi) is 3.87. The van der Waals surface area contributed by atoms with Crippen LogP contribution in [0.1, 0.15) is 15.9 Å². The number of nitrogens with zero attached hydrogens (tertiary/aromatic N) is 1. The summed E-state index contributed by atoms with van der Waals surface area (Å²) in [7, 11) is 0. The van der Waals surface area contributed by atoms with Crippen LogP contribution >= 0.6 is 0 Å². The summed E-state index contributed by atoms with van der Waals surface area (Å²) in [6, 6.07) is 13.4. The largest absolute Gasteiger partial charge is 0.508 e. The van der Waals surface area contributed by atoms with Crippen molar-refractivity contribution in [3.8, 4) is 28.3 Å². The summed E-state index contributed by atoms with van der Waals surface area (Å²) < 4.78 is 0. The second-order valence-electron chi connectivity index (χ2n) is 5.40. The fraction of sp³-hybridized carbons (Fsp3) is 0.0556. The molecule has 1 amide bonds. The fourth-order valence-electron chi connectivity index (χ4n) is 2.50. The summed E-state index contributed by atoms with van der Waals surface area (Å²) in [5.74, 6) is -0.409. The van der Waals surface area contributed by atoms with Crippen LogP contribution in [0.4, 0.5) is 0 Å². The van der Waals surface area contributed by atoms with Gasteiger partial charge in [0.25, 0.3) is 0 Å². The van der Waals surface area contributed by atoms with E-state index in [2.05, 4.69) is 9.97 Å². The number of primary amides is 1. The van der Waals surface area contributed by atoms with Crippen LogP contribution in [0.15, 0.2) is 53.3 Å². The number of phenolic OH excluding ortho intramolecular Hbond substituents is 1. The third kappa shape index (κ3) is 2.89. The molecule has 2 aromatic carbocycles. The SMILES string of the molecule is Cc1cc(-c2cc(-c3ccccc3C(N)=O)[nH]c(=O)n2)ccc1O. The highest BCUT2D eigenvalue weighted by Crippen LogP contribution is 2.27. The first kappa shape index (κ1) is 15.5. The standard InChI is InChI=1S/C18H15N3O3/c1-10-8-11(6-7-16(10)22)14-9-15(21-18(24)20-14)12-4-2-3-5-13(12)17(19)23/h2-9,22H,1H3,(H2,19,23)(H,20,21,24). The van der Waals surface area contributed by atoms with Crippen molar-refractivity contribution in [2.75, 3.05) is 0 Å². The van der Waals surface area contributed by atoms with E-state index in [1.54, 1.807) is 55.5 Å². The van der Waals surface area contributed by atoms with Gasteiger partial charge in [0, 0.05) is 16.7 Å². The van der Waals surface area contributed by atoms with Gasteiger partial charge in [-0.05, 0) is 42.8 Å². The number of carbonyl (C=O) groups excluding carboxylic acids is 1. The summed E-state index contributed by atoms with van der Waals surface area (Å²) in [4.78, 5) is 30.2. The number of rotatable bonds is 3. The van der Waals surface area contributed by atoms with Crippen LogP contribution in [-0.2, 0) is 0 Å². The normalized spacial score (nSPS) is 10.5. The number of aryl methyl sites for hydroxylation is 1. The van der Waals surface area contributed by atoms with Gasteiger partial charge < -0.3 is 15.8 Å². The predicted octanol–water partition coefficient (Wildman–Crippen LogP) is 2.22. The lowest BCUT2D eigenvalue weighted by Gasteiger charge is -2.09. The minimum atomic E-state index is -0.578. The van der Waals surface area contributed by atoms with Gasteiger partial charge in [0.15, 0.2) is 0 Å². The number of amides is 1. The van der Waals surface area contributed by atoms with E-state index in [1.165, 1.54) is 0 Å². The highest BCUT2D eigenvalue weighted by Gasteiger charge is 2.12. The molecular formula is C18H15N3O3. The molecule has 4 N–H and O–H groups in total. The van der Waals surface area contributed by atoms with E-state index in [1.807, 2.05) is 0 Å². The third-order valence-corrected chi connectivity index (χ3v) is 3.72. The Hall–Kier alpha value is -3.41. The Morgan fingerprint density at radius 1 is 1.17 bits per heavy atom. The highest BCUT2D eigenvalue weighted by atomic mass is 16.3. The molecule has 0 bridgehead atoms. The van der Waals surface area contributed by atoms with Crippen LogP contribution in [0.2, 0.25) is 0 Å². The van der Waals surface area contributed by atoms with Crippen molar-refractivity contribution < 1.29 is 9.90 Å². The number of hydrogen-bond donors (Lipinski definition) is 3. The van der Waals surface area contributed by atoms with E-state index >= 15 is 0 Å². The number of aromatic nitrogens is 2. The number of nitrogens with one attached hydrogen (secondary N) is 1. The van der Waals surface area contributed by atoms with Crippen LogP contribution in [-0.4, -0.2) is 21.0 Å². The lowest BCUT2D eigenvalue weighted by molar-refractivity contribution is 0.100. The fourth-order valence-corrected chi connectivity index (χ4v) is 2.50. The maximum absolute atomic E-state index is 12.0. The molecule has 0 aliphatic rings. The Morgan fingerprint density at radius 3 is 2.62 bits per heavy atom. The maximum atomic E-state index is 12.0. The van der Waals surface area contributed by atoms with Crippen LogP contribution in [0.25, 0.3) is 22.5 Å². The van der Waals surface area contributed by atoms with Crippen LogP contribution < -0.4 is 11.4 Å². The molecule has 0 spiro atoms. The topological polar surface area (TPSA) is 109 Å². The molecule has 0 aliphatic heterocycles. The van der Waals surface area contributed by atoms with Crippen LogP contribution in [0, 0.1) is 6.92 Å². The lowest BCUT2D eigenvalue weighted by Crippen LogP contribution is -2.15. The molecule has 0 radical (unpaired) electrons. The quantitative estimate of drug-likeness (QED) is 0.687. The average molecular weight is 321 g/mol. The number of aromatic amines is 1. The Morgan fingerprint density at radius 2 is 1.92 bits per heavy atom. The summed E-state index contributed by atoms with van der Waals surface area (Å²) in [5, 5.41) is 9.64. The Balaban J connectivity index is 2.19. The van der Waals surface area contributed by atoms with Crippen LogP contribution in [0.3, 0.4) is 0 Å². The van der Waals surface area contributed by atoms with E-state index in [4.69, 9.17) is 5.73 Å². The second kappa shape index (κ2) is 6.00. The number of carbonyl (C=O) groups is 1. The van der Waals surface area contributed by atoms with Crippen molar-refractivity contribution in [3.63, 3.8) is 0 Å². The molecule has 24 heavy (non-hydrogen) atoms. The number of H-pyrrole nitrogens is 1. The zero-order valence-corrected chi connectivity index (χ0v) is 12.9. The first-order valence-corrected chi connectivity index (χ1v) is 7.26. The molecule has 0 fully saturated rings. The minimum Gasteiger partial charge on any atom is -0.508 e. The van der Waals surface area contributed by atoms with E-state index in [0.29, 0.717) is 33.6 Å². The predicted molar refractivity (Wildman–Crippen MR) is 90.6 cm³/mol. The number of nitrogens with two attached hydrogens (primary N) is 1. The van der Waals surface area contributed by atoms with Gasteiger partial charge in [-0.1, -0.05) is 18.2 Å². The van der Waals surface area contributed by atoms with Gasteiger partial charge in [-0.3, -0.25) is 4.79 Å². The monoisotopic (exact) mass is 321 g/mol. The summed E-state index contributed by atoms with van der Waals surface area (Å²) >= 11 is 0. The first-order chi connectivity index (χ1) is 11.5. The second-order valence-corrected chi connectivity index (χ2v) is 5.40. The van der Waals surface area contributed by atoms with Gasteiger partial charge in [0.1, 0.15) is 5.75 Å². The van der Waals surface area contributed by atoms with Crippen molar-refractivity contribution in [3.05, 3.63) is 70.1 Å². The van der Waals surface area contributed by atoms with Crippen molar-refractivity contribution in [1.29, 1.82) is 0 Å². The first-order valence-electron chi connectivity index (χ1n) is 7.26. The van der Waals surface area contributed by atoms with Gasteiger partial charge >= 0.3 is 5.69 Å².